The van der Waals surface area contributed by atoms with Crippen LogP contribution in [0.2, 0.25) is 0 Å². The van der Waals surface area contributed by atoms with Gasteiger partial charge < -0.3 is 9.64 Å². The number of esters is 1. The summed E-state index contributed by atoms with van der Waals surface area (Å²) in [5, 5.41) is 1.90. The van der Waals surface area contributed by atoms with Gasteiger partial charge in [0, 0.05) is 17.0 Å². The number of fused-ring (bicyclic) bond motifs is 2. The number of carbonyl (C=O) groups is 2. The largest absolute Gasteiger partial charge is 0.463 e. The lowest BCUT2D eigenvalue weighted by Gasteiger charge is -2.23. The smallest absolute Gasteiger partial charge is 0.338 e. The summed E-state index contributed by atoms with van der Waals surface area (Å²) < 4.78 is 7.13. The zero-order valence-corrected chi connectivity index (χ0v) is 20.2. The van der Waals surface area contributed by atoms with Crippen molar-refractivity contribution in [2.45, 2.75) is 19.9 Å². The van der Waals surface area contributed by atoms with Crippen LogP contribution in [0.1, 0.15) is 30.3 Å². The molecule has 3 aromatic rings. The van der Waals surface area contributed by atoms with E-state index in [1.54, 1.807) is 24.8 Å². The highest BCUT2D eigenvalue weighted by Gasteiger charge is 2.37. The van der Waals surface area contributed by atoms with Gasteiger partial charge >= 0.3 is 5.97 Å². The van der Waals surface area contributed by atoms with E-state index in [-0.39, 0.29) is 18.1 Å². The number of thiophene rings is 1. The summed E-state index contributed by atoms with van der Waals surface area (Å²) in [4.78, 5) is 47.7. The van der Waals surface area contributed by atoms with Crippen LogP contribution >= 0.6 is 22.7 Å². The van der Waals surface area contributed by atoms with E-state index in [1.165, 1.54) is 27.2 Å². The Labute approximate surface area is 203 Å². The Morgan fingerprint density at radius 1 is 1.24 bits per heavy atom. The zero-order valence-electron chi connectivity index (χ0n) is 18.6. The summed E-state index contributed by atoms with van der Waals surface area (Å²) >= 11 is 2.62. The molecule has 172 valence electrons. The van der Waals surface area contributed by atoms with E-state index in [1.807, 2.05) is 41.8 Å². The minimum absolute atomic E-state index is 0.214. The predicted molar refractivity (Wildman–Crippen MR) is 133 cm³/mol. The molecule has 0 saturated heterocycles. The molecular formula is C25H21N3O4S2. The summed E-state index contributed by atoms with van der Waals surface area (Å²) in [5.74, 6) is -0.750. The highest BCUT2D eigenvalue weighted by atomic mass is 32.1. The van der Waals surface area contributed by atoms with Crippen LogP contribution in [0.5, 0.6) is 0 Å². The van der Waals surface area contributed by atoms with Crippen LogP contribution in [0.3, 0.4) is 0 Å². The van der Waals surface area contributed by atoms with E-state index in [2.05, 4.69) is 11.6 Å². The van der Waals surface area contributed by atoms with Crippen molar-refractivity contribution < 1.29 is 14.3 Å². The first-order valence-corrected chi connectivity index (χ1v) is 12.4. The topological polar surface area (TPSA) is 81.0 Å². The average Bonchev–Trinajstić information content (AvgIpc) is 3.52. The van der Waals surface area contributed by atoms with Crippen molar-refractivity contribution in [1.82, 2.24) is 4.57 Å². The fourth-order valence-corrected chi connectivity index (χ4v) is 6.33. The van der Waals surface area contributed by atoms with Crippen LogP contribution in [0.15, 0.2) is 75.5 Å². The van der Waals surface area contributed by atoms with Gasteiger partial charge in [-0.15, -0.1) is 17.9 Å². The summed E-state index contributed by atoms with van der Waals surface area (Å²) in [6, 6.07) is 10.5. The minimum Gasteiger partial charge on any atom is -0.463 e. The van der Waals surface area contributed by atoms with Gasteiger partial charge in [-0.2, -0.15) is 0 Å². The van der Waals surface area contributed by atoms with Crippen LogP contribution in [0.25, 0.3) is 5.57 Å². The molecule has 5 rings (SSSR count). The molecule has 1 atom stereocenters. The van der Waals surface area contributed by atoms with Crippen molar-refractivity contribution in [1.29, 1.82) is 0 Å². The summed E-state index contributed by atoms with van der Waals surface area (Å²) in [7, 11) is 0. The molecule has 1 aromatic carbocycles. The number of aromatic nitrogens is 1. The number of allylic oxidation sites excluding steroid dienone is 1. The molecule has 0 fully saturated rings. The maximum Gasteiger partial charge on any atom is 0.338 e. The van der Waals surface area contributed by atoms with E-state index in [9.17, 15) is 14.4 Å². The molecule has 0 spiro atoms. The Morgan fingerprint density at radius 3 is 2.74 bits per heavy atom. The monoisotopic (exact) mass is 491 g/mol. The molecular weight excluding hydrogens is 470 g/mol. The average molecular weight is 492 g/mol. The van der Waals surface area contributed by atoms with Crippen LogP contribution in [-0.2, 0) is 14.3 Å². The Hall–Kier alpha value is -3.56. The van der Waals surface area contributed by atoms with Crippen molar-refractivity contribution in [3.63, 3.8) is 0 Å². The number of ether oxygens (including phenoxy) is 1. The highest BCUT2D eigenvalue weighted by molar-refractivity contribution is 7.10. The lowest BCUT2D eigenvalue weighted by atomic mass is 10.0. The number of benzene rings is 1. The SMILES string of the molecule is C=CCN1C(=O)/C(=c2\sc3n(c2=O)[C@@H](c2cccs2)C(C(=O)OCC)=C(C)N=3)c2ccccc21. The maximum absolute atomic E-state index is 13.9. The molecule has 0 saturated carbocycles. The van der Waals surface area contributed by atoms with Crippen LogP contribution < -0.4 is 19.8 Å². The van der Waals surface area contributed by atoms with Gasteiger partial charge in [-0.1, -0.05) is 41.7 Å². The lowest BCUT2D eigenvalue weighted by molar-refractivity contribution is -0.139. The predicted octanol–water partition coefficient (Wildman–Crippen LogP) is 2.76. The molecule has 0 radical (unpaired) electrons. The summed E-state index contributed by atoms with van der Waals surface area (Å²) in [6.45, 7) is 7.79. The molecule has 7 nitrogen and oxygen atoms in total. The van der Waals surface area contributed by atoms with Gasteiger partial charge in [0.2, 0.25) is 0 Å². The lowest BCUT2D eigenvalue weighted by Crippen LogP contribution is -2.40. The molecule has 1 amide bonds. The van der Waals surface area contributed by atoms with Gasteiger partial charge in [-0.25, -0.2) is 9.79 Å². The fraction of sp³-hybridized carbons (Fsp3) is 0.200. The first-order valence-electron chi connectivity index (χ1n) is 10.8. The molecule has 2 aromatic heterocycles. The number of hydrogen-bond acceptors (Lipinski definition) is 7. The maximum atomic E-state index is 13.9. The van der Waals surface area contributed by atoms with Crippen molar-refractivity contribution in [2.24, 2.45) is 4.99 Å². The molecule has 0 bridgehead atoms. The zero-order chi connectivity index (χ0) is 24.0. The number of carbonyl (C=O) groups excluding carboxylic acids is 2. The van der Waals surface area contributed by atoms with Gasteiger partial charge in [0.15, 0.2) is 4.80 Å². The number of hydrogen-bond donors (Lipinski definition) is 0. The van der Waals surface area contributed by atoms with Gasteiger partial charge in [-0.3, -0.25) is 14.2 Å². The van der Waals surface area contributed by atoms with Crippen molar-refractivity contribution >= 4 is 45.8 Å². The van der Waals surface area contributed by atoms with Crippen molar-refractivity contribution in [3.05, 3.63) is 95.8 Å². The first-order chi connectivity index (χ1) is 16.5. The van der Waals surface area contributed by atoms with Gasteiger partial charge in [0.1, 0.15) is 10.6 Å². The van der Waals surface area contributed by atoms with Crippen LogP contribution in [0.4, 0.5) is 5.69 Å². The van der Waals surface area contributed by atoms with E-state index in [4.69, 9.17) is 4.74 Å². The molecule has 2 aliphatic heterocycles. The third-order valence-corrected chi connectivity index (χ3v) is 7.75. The van der Waals surface area contributed by atoms with Crippen molar-refractivity contribution in [3.8, 4) is 0 Å². The van der Waals surface area contributed by atoms with E-state index < -0.39 is 12.0 Å². The third kappa shape index (κ3) is 3.31. The van der Waals surface area contributed by atoms with Gasteiger partial charge in [0.25, 0.3) is 11.5 Å². The number of para-hydroxylation sites is 1. The molecule has 0 N–H and O–H groups in total. The molecule has 34 heavy (non-hydrogen) atoms. The normalized spacial score (nSPS) is 18.5. The second-order valence-corrected chi connectivity index (χ2v) is 9.69. The number of rotatable bonds is 5. The Kier molecular flexibility index (Phi) is 5.66. The number of anilines is 1. The minimum atomic E-state index is -0.666. The standard InChI is InChI=1S/C25H21N3O4S2/c1-4-12-27-16-10-7-6-9-15(16)19(22(27)29)21-23(30)28-20(17-11-8-13-33-17)18(24(31)32-5-2)14(3)26-25(28)34-21/h4,6-11,13,20H,1,5,12H2,2-3H3/b21-19-/t20-/m0/s1. The van der Waals surface area contributed by atoms with E-state index >= 15 is 0 Å². The summed E-state index contributed by atoms with van der Waals surface area (Å²) in [5.41, 5.74) is 2.28. The highest BCUT2D eigenvalue weighted by Crippen LogP contribution is 2.36. The second-order valence-electron chi connectivity index (χ2n) is 7.73. The quantitative estimate of drug-likeness (QED) is 0.406. The second kappa shape index (κ2) is 8.66. The summed E-state index contributed by atoms with van der Waals surface area (Å²) in [6.07, 6.45) is 1.66. The third-order valence-electron chi connectivity index (χ3n) is 5.77. The van der Waals surface area contributed by atoms with Crippen LogP contribution in [0, 0.1) is 0 Å². The first kappa shape index (κ1) is 22.2. The fourth-order valence-electron chi connectivity index (χ4n) is 4.37. The molecule has 0 unspecified atom stereocenters. The molecule has 0 aliphatic carbocycles. The van der Waals surface area contributed by atoms with E-state index in [0.29, 0.717) is 38.3 Å². The Morgan fingerprint density at radius 2 is 2.03 bits per heavy atom. The Balaban J connectivity index is 1.81. The number of amides is 1. The Bertz CT molecular complexity index is 1540. The molecule has 2 aliphatic rings. The van der Waals surface area contributed by atoms with Gasteiger partial charge in [-0.05, 0) is 31.4 Å². The van der Waals surface area contributed by atoms with Crippen LogP contribution in [-0.4, -0.2) is 29.6 Å². The van der Waals surface area contributed by atoms with Crippen molar-refractivity contribution in [2.75, 3.05) is 18.1 Å². The van der Waals surface area contributed by atoms with E-state index in [0.717, 1.165) is 10.6 Å². The molecule has 4 heterocycles. The number of nitrogens with zero attached hydrogens (tertiary/aromatic N) is 3. The molecule has 9 heteroatoms. The number of thiazole rings is 1. The van der Waals surface area contributed by atoms with Gasteiger partial charge in [0.05, 0.1) is 29.1 Å².